The molecule has 0 bridgehead atoms. The van der Waals surface area contributed by atoms with Crippen LogP contribution in [0.1, 0.15) is 131 Å². The van der Waals surface area contributed by atoms with Gasteiger partial charge in [0.15, 0.2) is 6.29 Å². The minimum atomic E-state index is -0.0357. The molecule has 0 N–H and O–H groups in total. The Bertz CT molecular complexity index is 321. The third-order valence-corrected chi connectivity index (χ3v) is 5.62. The molecular weight excluding hydrogens is 320 g/mol. The first-order chi connectivity index (χ1) is 12.5. The van der Waals surface area contributed by atoms with Crippen molar-refractivity contribution in [2.75, 3.05) is 0 Å². The van der Waals surface area contributed by atoms with Crippen LogP contribution in [0.2, 0.25) is 0 Å². The predicted molar refractivity (Wildman–Crippen MR) is 114 cm³/mol. The summed E-state index contributed by atoms with van der Waals surface area (Å²) >= 11 is 0. The SMILES string of the molecule is CCCCCCCCCC[C@@H]1C[C@@H](CCCCCC)OC(C(C)(C)C)O1. The van der Waals surface area contributed by atoms with E-state index < -0.39 is 0 Å². The summed E-state index contributed by atoms with van der Waals surface area (Å²) in [6.07, 6.45) is 20.7. The van der Waals surface area contributed by atoms with Crippen molar-refractivity contribution in [1.29, 1.82) is 0 Å². The van der Waals surface area contributed by atoms with Crippen LogP contribution in [0.3, 0.4) is 0 Å². The Kier molecular flexibility index (Phi) is 12.9. The standard InChI is InChI=1S/C24H48O2/c1-6-8-10-12-13-14-15-17-19-22-20-21(18-16-11-9-7-2)25-23(26-22)24(3,4)5/h21-23H,6-20H2,1-5H3/t21-,22-,23?/m1/s1. The van der Waals surface area contributed by atoms with Crippen LogP contribution in [0, 0.1) is 5.41 Å². The minimum Gasteiger partial charge on any atom is -0.349 e. The van der Waals surface area contributed by atoms with Crippen LogP contribution in [0.15, 0.2) is 0 Å². The first kappa shape index (κ1) is 24.0. The number of rotatable bonds is 14. The Labute approximate surface area is 164 Å². The predicted octanol–water partition coefficient (Wildman–Crippen LogP) is 8.03. The van der Waals surface area contributed by atoms with Gasteiger partial charge >= 0.3 is 0 Å². The highest BCUT2D eigenvalue weighted by Gasteiger charge is 2.36. The van der Waals surface area contributed by atoms with Gasteiger partial charge in [0, 0.05) is 5.41 Å². The lowest BCUT2D eigenvalue weighted by Crippen LogP contribution is -2.44. The Morgan fingerprint density at radius 2 is 1.00 bits per heavy atom. The molecule has 1 fully saturated rings. The van der Waals surface area contributed by atoms with Crippen LogP contribution in [0.25, 0.3) is 0 Å². The van der Waals surface area contributed by atoms with Crippen molar-refractivity contribution in [3.63, 3.8) is 0 Å². The van der Waals surface area contributed by atoms with E-state index in [0.29, 0.717) is 12.2 Å². The second-order valence-corrected chi connectivity index (χ2v) is 9.56. The van der Waals surface area contributed by atoms with Crippen LogP contribution >= 0.6 is 0 Å². The van der Waals surface area contributed by atoms with E-state index in [1.807, 2.05) is 0 Å². The quantitative estimate of drug-likeness (QED) is 0.289. The summed E-state index contributed by atoms with van der Waals surface area (Å²) in [5.74, 6) is 0. The van der Waals surface area contributed by atoms with Crippen molar-refractivity contribution in [2.24, 2.45) is 5.41 Å². The van der Waals surface area contributed by atoms with Gasteiger partial charge in [-0.3, -0.25) is 0 Å². The fraction of sp³-hybridized carbons (Fsp3) is 1.00. The number of hydrogen-bond acceptors (Lipinski definition) is 2. The molecule has 1 aliphatic rings. The summed E-state index contributed by atoms with van der Waals surface area (Å²) in [5.41, 5.74) is 0.0691. The molecule has 0 saturated carbocycles. The van der Waals surface area contributed by atoms with Crippen LogP contribution in [0.5, 0.6) is 0 Å². The van der Waals surface area contributed by atoms with E-state index in [2.05, 4.69) is 34.6 Å². The molecule has 0 aromatic heterocycles. The number of hydrogen-bond donors (Lipinski definition) is 0. The van der Waals surface area contributed by atoms with Crippen LogP contribution in [-0.4, -0.2) is 18.5 Å². The van der Waals surface area contributed by atoms with Gasteiger partial charge in [-0.1, -0.05) is 112 Å². The number of ether oxygens (including phenoxy) is 2. The Hall–Kier alpha value is -0.0800. The van der Waals surface area contributed by atoms with Crippen LogP contribution in [0.4, 0.5) is 0 Å². The normalized spacial score (nSPS) is 24.1. The van der Waals surface area contributed by atoms with Gasteiger partial charge in [0.1, 0.15) is 0 Å². The second-order valence-electron chi connectivity index (χ2n) is 9.56. The zero-order valence-electron chi connectivity index (χ0n) is 18.7. The molecule has 1 saturated heterocycles. The van der Waals surface area contributed by atoms with Crippen molar-refractivity contribution in [3.05, 3.63) is 0 Å². The van der Waals surface area contributed by atoms with Crippen molar-refractivity contribution in [3.8, 4) is 0 Å². The molecule has 2 heteroatoms. The van der Waals surface area contributed by atoms with E-state index >= 15 is 0 Å². The average Bonchev–Trinajstić information content (AvgIpc) is 2.60. The van der Waals surface area contributed by atoms with Gasteiger partial charge in [-0.15, -0.1) is 0 Å². The van der Waals surface area contributed by atoms with E-state index in [1.165, 1.54) is 89.9 Å². The Morgan fingerprint density at radius 3 is 1.42 bits per heavy atom. The Balaban J connectivity index is 2.28. The van der Waals surface area contributed by atoms with Crippen LogP contribution in [-0.2, 0) is 9.47 Å². The third kappa shape index (κ3) is 10.9. The molecule has 0 aromatic rings. The molecule has 1 aliphatic heterocycles. The molecular formula is C24H48O2. The van der Waals surface area contributed by atoms with Gasteiger partial charge in [-0.05, 0) is 19.3 Å². The summed E-state index contributed by atoms with van der Waals surface area (Å²) in [5, 5.41) is 0. The zero-order valence-corrected chi connectivity index (χ0v) is 18.7. The number of unbranched alkanes of at least 4 members (excludes halogenated alkanes) is 10. The smallest absolute Gasteiger partial charge is 0.163 e. The van der Waals surface area contributed by atoms with Gasteiger partial charge in [-0.2, -0.15) is 0 Å². The van der Waals surface area contributed by atoms with Crippen molar-refractivity contribution < 1.29 is 9.47 Å². The summed E-state index contributed by atoms with van der Waals surface area (Å²) in [6, 6.07) is 0. The molecule has 3 atom stereocenters. The van der Waals surface area contributed by atoms with Crippen LogP contribution < -0.4 is 0 Å². The second kappa shape index (κ2) is 14.0. The van der Waals surface area contributed by atoms with E-state index in [0.717, 1.165) is 6.42 Å². The largest absolute Gasteiger partial charge is 0.349 e. The molecule has 1 unspecified atom stereocenters. The fourth-order valence-corrected chi connectivity index (χ4v) is 3.87. The molecule has 0 spiro atoms. The monoisotopic (exact) mass is 368 g/mol. The molecule has 26 heavy (non-hydrogen) atoms. The van der Waals surface area contributed by atoms with Crippen molar-refractivity contribution in [1.82, 2.24) is 0 Å². The van der Waals surface area contributed by atoms with Crippen molar-refractivity contribution in [2.45, 2.75) is 149 Å². The topological polar surface area (TPSA) is 18.5 Å². The zero-order chi connectivity index (χ0) is 19.3. The molecule has 0 amide bonds. The molecule has 2 nitrogen and oxygen atoms in total. The first-order valence-corrected chi connectivity index (χ1v) is 11.8. The maximum Gasteiger partial charge on any atom is 0.163 e. The van der Waals surface area contributed by atoms with Gasteiger partial charge < -0.3 is 9.47 Å². The highest BCUT2D eigenvalue weighted by Crippen LogP contribution is 2.34. The maximum atomic E-state index is 6.35. The summed E-state index contributed by atoms with van der Waals surface area (Å²) in [7, 11) is 0. The van der Waals surface area contributed by atoms with E-state index in [4.69, 9.17) is 9.47 Å². The average molecular weight is 369 g/mol. The van der Waals surface area contributed by atoms with Gasteiger partial charge in [0.25, 0.3) is 0 Å². The van der Waals surface area contributed by atoms with E-state index in [1.54, 1.807) is 0 Å². The maximum absolute atomic E-state index is 6.35. The highest BCUT2D eigenvalue weighted by molar-refractivity contribution is 4.78. The van der Waals surface area contributed by atoms with Crippen molar-refractivity contribution >= 4 is 0 Å². The fourth-order valence-electron chi connectivity index (χ4n) is 3.87. The summed E-state index contributed by atoms with van der Waals surface area (Å²) in [4.78, 5) is 0. The molecule has 1 heterocycles. The lowest BCUT2D eigenvalue weighted by atomic mass is 9.92. The summed E-state index contributed by atoms with van der Waals surface area (Å²) in [6.45, 7) is 11.3. The molecule has 0 aliphatic carbocycles. The lowest BCUT2D eigenvalue weighted by molar-refractivity contribution is -0.281. The van der Waals surface area contributed by atoms with Gasteiger partial charge in [-0.25, -0.2) is 0 Å². The van der Waals surface area contributed by atoms with E-state index in [-0.39, 0.29) is 11.7 Å². The first-order valence-electron chi connectivity index (χ1n) is 11.8. The molecule has 0 aromatic carbocycles. The third-order valence-electron chi connectivity index (χ3n) is 5.62. The molecule has 1 rings (SSSR count). The minimum absolute atomic E-state index is 0.0357. The van der Waals surface area contributed by atoms with Gasteiger partial charge in [0.05, 0.1) is 12.2 Å². The Morgan fingerprint density at radius 1 is 0.615 bits per heavy atom. The highest BCUT2D eigenvalue weighted by atomic mass is 16.7. The molecule has 156 valence electrons. The lowest BCUT2D eigenvalue weighted by Gasteiger charge is -2.42. The van der Waals surface area contributed by atoms with Gasteiger partial charge in [0.2, 0.25) is 0 Å². The molecule has 0 radical (unpaired) electrons. The van der Waals surface area contributed by atoms with E-state index in [9.17, 15) is 0 Å². The summed E-state index contributed by atoms with van der Waals surface area (Å²) < 4.78 is 12.7.